The van der Waals surface area contributed by atoms with Gasteiger partial charge in [0, 0.05) is 18.7 Å². The van der Waals surface area contributed by atoms with E-state index < -0.39 is 17.2 Å². The van der Waals surface area contributed by atoms with Crippen molar-refractivity contribution in [3.05, 3.63) is 29.6 Å². The van der Waals surface area contributed by atoms with Crippen molar-refractivity contribution in [3.63, 3.8) is 0 Å². The Morgan fingerprint density at radius 2 is 2.09 bits per heavy atom. The second-order valence-corrected chi connectivity index (χ2v) is 5.94. The molecule has 0 spiro atoms. The number of carbonyl (C=O) groups excluding carboxylic acids is 1. The number of likely N-dealkylation sites (tertiary alicyclic amines) is 1. The third-order valence-corrected chi connectivity index (χ3v) is 4.52. The third kappa shape index (κ3) is 2.65. The summed E-state index contributed by atoms with van der Waals surface area (Å²) in [7, 11) is 1.35. The van der Waals surface area contributed by atoms with Crippen LogP contribution in [0.15, 0.2) is 18.2 Å². The van der Waals surface area contributed by atoms with Gasteiger partial charge in [-0.2, -0.15) is 0 Å². The first-order chi connectivity index (χ1) is 10.3. The van der Waals surface area contributed by atoms with Crippen molar-refractivity contribution in [2.24, 2.45) is 11.3 Å². The lowest BCUT2D eigenvalue weighted by molar-refractivity contribution is -0.150. The molecule has 1 aliphatic rings. The van der Waals surface area contributed by atoms with Gasteiger partial charge < -0.3 is 14.7 Å². The second-order valence-electron chi connectivity index (χ2n) is 5.94. The Bertz CT molecular complexity index is 602. The van der Waals surface area contributed by atoms with Crippen molar-refractivity contribution in [2.75, 3.05) is 20.2 Å². The molecule has 1 unspecified atom stereocenters. The number of benzene rings is 1. The normalized spacial score (nSPS) is 21.2. The fraction of sp³-hybridized carbons (Fsp3) is 0.500. The van der Waals surface area contributed by atoms with E-state index in [4.69, 9.17) is 4.74 Å². The van der Waals surface area contributed by atoms with Crippen LogP contribution >= 0.6 is 0 Å². The first kappa shape index (κ1) is 16.3. The monoisotopic (exact) mass is 309 g/mol. The minimum absolute atomic E-state index is 0.0695. The Balaban J connectivity index is 2.21. The second kappa shape index (κ2) is 5.94. The zero-order valence-electron chi connectivity index (χ0n) is 12.9. The maximum atomic E-state index is 13.7. The Morgan fingerprint density at radius 1 is 1.41 bits per heavy atom. The first-order valence-corrected chi connectivity index (χ1v) is 7.18. The topological polar surface area (TPSA) is 66.8 Å². The van der Waals surface area contributed by atoms with Crippen molar-refractivity contribution >= 4 is 11.9 Å². The number of hydrogen-bond donors (Lipinski definition) is 1. The Labute approximate surface area is 128 Å². The third-order valence-electron chi connectivity index (χ3n) is 4.52. The first-order valence-electron chi connectivity index (χ1n) is 7.18. The van der Waals surface area contributed by atoms with Crippen molar-refractivity contribution in [3.8, 4) is 5.75 Å². The summed E-state index contributed by atoms with van der Waals surface area (Å²) in [5, 5.41) is 9.50. The number of rotatable bonds is 4. The molecule has 1 atom stereocenters. The summed E-state index contributed by atoms with van der Waals surface area (Å²) < 4.78 is 18.5. The summed E-state index contributed by atoms with van der Waals surface area (Å²) in [4.78, 5) is 25.5. The van der Waals surface area contributed by atoms with Gasteiger partial charge in [-0.1, -0.05) is 13.8 Å². The van der Waals surface area contributed by atoms with Crippen LogP contribution in [0.25, 0.3) is 0 Å². The molecule has 120 valence electrons. The highest BCUT2D eigenvalue weighted by Gasteiger charge is 2.48. The number of halogens is 1. The van der Waals surface area contributed by atoms with Gasteiger partial charge in [0.05, 0.1) is 12.5 Å². The largest absolute Gasteiger partial charge is 0.494 e. The maximum Gasteiger partial charge on any atom is 0.311 e. The molecule has 1 N–H and O–H groups in total. The molecule has 1 fully saturated rings. The van der Waals surface area contributed by atoms with Crippen LogP contribution in [-0.4, -0.2) is 42.1 Å². The number of carbonyl (C=O) groups is 2. The number of carboxylic acids is 1. The summed E-state index contributed by atoms with van der Waals surface area (Å²) in [6.45, 7) is 4.19. The van der Waals surface area contributed by atoms with E-state index in [0.29, 0.717) is 13.0 Å². The molecule has 0 radical (unpaired) electrons. The Morgan fingerprint density at radius 3 is 2.55 bits per heavy atom. The molecule has 1 aromatic rings. The highest BCUT2D eigenvalue weighted by atomic mass is 19.1. The quantitative estimate of drug-likeness (QED) is 0.927. The van der Waals surface area contributed by atoms with Gasteiger partial charge in [-0.05, 0) is 30.5 Å². The van der Waals surface area contributed by atoms with Crippen LogP contribution in [0.4, 0.5) is 4.39 Å². The molecule has 2 rings (SSSR count). The van der Waals surface area contributed by atoms with Gasteiger partial charge in [0.15, 0.2) is 11.6 Å². The van der Waals surface area contributed by atoms with E-state index in [-0.39, 0.29) is 29.7 Å². The maximum absolute atomic E-state index is 13.7. The molecule has 1 saturated heterocycles. The highest BCUT2D eigenvalue weighted by Crippen LogP contribution is 2.38. The number of aliphatic carboxylic acids is 1. The fourth-order valence-electron chi connectivity index (χ4n) is 2.88. The van der Waals surface area contributed by atoms with Crippen molar-refractivity contribution in [2.45, 2.75) is 20.3 Å². The van der Waals surface area contributed by atoms with E-state index in [2.05, 4.69) is 0 Å². The van der Waals surface area contributed by atoms with Gasteiger partial charge in [-0.25, -0.2) is 4.39 Å². The molecule has 1 heterocycles. The number of nitrogens with zero attached hydrogens (tertiary/aromatic N) is 1. The lowest BCUT2D eigenvalue weighted by Crippen LogP contribution is -2.40. The van der Waals surface area contributed by atoms with Gasteiger partial charge in [0.2, 0.25) is 0 Å². The number of amides is 1. The van der Waals surface area contributed by atoms with Crippen molar-refractivity contribution in [1.29, 1.82) is 0 Å². The summed E-state index contributed by atoms with van der Waals surface area (Å²) in [6.07, 6.45) is 0.407. The highest BCUT2D eigenvalue weighted by molar-refractivity contribution is 5.95. The van der Waals surface area contributed by atoms with Crippen molar-refractivity contribution in [1.82, 2.24) is 4.90 Å². The van der Waals surface area contributed by atoms with Crippen LogP contribution < -0.4 is 4.74 Å². The van der Waals surface area contributed by atoms with Crippen LogP contribution in [0.3, 0.4) is 0 Å². The number of hydrogen-bond acceptors (Lipinski definition) is 3. The van der Waals surface area contributed by atoms with Crippen LogP contribution in [0, 0.1) is 17.2 Å². The van der Waals surface area contributed by atoms with E-state index in [1.54, 1.807) is 0 Å². The molecule has 5 nitrogen and oxygen atoms in total. The average molecular weight is 309 g/mol. The van der Waals surface area contributed by atoms with Gasteiger partial charge in [0.25, 0.3) is 5.91 Å². The van der Waals surface area contributed by atoms with Gasteiger partial charge >= 0.3 is 5.97 Å². The average Bonchev–Trinajstić information content (AvgIpc) is 2.93. The summed E-state index contributed by atoms with van der Waals surface area (Å²) in [5.74, 6) is -1.87. The van der Waals surface area contributed by atoms with Crippen LogP contribution in [0.5, 0.6) is 5.75 Å². The molecular formula is C16H20FNO4. The van der Waals surface area contributed by atoms with Crippen LogP contribution in [-0.2, 0) is 4.79 Å². The number of methoxy groups -OCH3 is 1. The van der Waals surface area contributed by atoms with Crippen LogP contribution in [0.2, 0.25) is 0 Å². The van der Waals surface area contributed by atoms with Gasteiger partial charge in [0.1, 0.15) is 0 Å². The predicted molar refractivity (Wildman–Crippen MR) is 78.4 cm³/mol. The molecule has 1 aromatic carbocycles. The lowest BCUT2D eigenvalue weighted by Gasteiger charge is -2.28. The van der Waals surface area contributed by atoms with E-state index in [1.807, 2.05) is 13.8 Å². The molecular weight excluding hydrogens is 289 g/mol. The minimum Gasteiger partial charge on any atom is -0.494 e. The summed E-state index contributed by atoms with van der Waals surface area (Å²) in [6, 6.07) is 4.00. The van der Waals surface area contributed by atoms with E-state index in [0.717, 1.165) is 6.07 Å². The minimum atomic E-state index is -0.930. The summed E-state index contributed by atoms with van der Waals surface area (Å²) >= 11 is 0. The zero-order chi connectivity index (χ0) is 16.5. The Hall–Kier alpha value is -2.11. The molecule has 1 amide bonds. The van der Waals surface area contributed by atoms with Crippen LogP contribution in [0.1, 0.15) is 30.6 Å². The molecule has 0 aliphatic carbocycles. The summed E-state index contributed by atoms with van der Waals surface area (Å²) in [5.41, 5.74) is -0.732. The van der Waals surface area contributed by atoms with E-state index in [1.165, 1.54) is 24.1 Å². The lowest BCUT2D eigenvalue weighted by atomic mass is 9.76. The number of ether oxygens (including phenoxy) is 1. The molecule has 0 aromatic heterocycles. The van der Waals surface area contributed by atoms with Gasteiger partial charge in [-0.3, -0.25) is 9.59 Å². The molecule has 22 heavy (non-hydrogen) atoms. The smallest absolute Gasteiger partial charge is 0.311 e. The predicted octanol–water partition coefficient (Wildman–Crippen LogP) is 2.41. The van der Waals surface area contributed by atoms with Crippen molar-refractivity contribution < 1.29 is 23.8 Å². The molecule has 6 heteroatoms. The molecule has 1 aliphatic heterocycles. The van der Waals surface area contributed by atoms with Gasteiger partial charge in [-0.15, -0.1) is 0 Å². The zero-order valence-corrected chi connectivity index (χ0v) is 12.9. The van der Waals surface area contributed by atoms with E-state index in [9.17, 15) is 19.1 Å². The SMILES string of the molecule is COc1ccc(C(=O)N2CCC(C(=O)O)(C(C)C)C2)cc1F. The standard InChI is InChI=1S/C16H20FNO4/c1-10(2)16(15(20)21)6-7-18(9-16)14(19)11-4-5-13(22-3)12(17)8-11/h4-5,8,10H,6-7,9H2,1-3H3,(H,20,21). The molecule has 0 bridgehead atoms. The molecule has 0 saturated carbocycles. The number of carboxylic acid groups (broad SMARTS) is 1. The van der Waals surface area contributed by atoms with E-state index >= 15 is 0 Å². The Kier molecular flexibility index (Phi) is 4.39. The fourth-order valence-corrected chi connectivity index (χ4v) is 2.88.